The summed E-state index contributed by atoms with van der Waals surface area (Å²) in [5, 5.41) is 0. The van der Waals surface area contributed by atoms with E-state index in [4.69, 9.17) is 0 Å². The highest BCUT2D eigenvalue weighted by atomic mass is 14.3. The van der Waals surface area contributed by atoms with Crippen molar-refractivity contribution in [2.45, 2.75) is 131 Å². The van der Waals surface area contributed by atoms with E-state index in [9.17, 15) is 0 Å². The Balaban J connectivity index is 2.70. The van der Waals surface area contributed by atoms with E-state index in [-0.39, 0.29) is 0 Å². The lowest BCUT2D eigenvalue weighted by Crippen LogP contribution is -2.13. The smallest absolute Gasteiger partial charge is 0.0213 e. The van der Waals surface area contributed by atoms with Crippen molar-refractivity contribution >= 4 is 0 Å². The summed E-state index contributed by atoms with van der Waals surface area (Å²) in [5.74, 6) is 3.34. The molecule has 0 N–H and O–H groups in total. The van der Waals surface area contributed by atoms with Gasteiger partial charge in [-0.3, -0.25) is 0 Å². The van der Waals surface area contributed by atoms with Crippen molar-refractivity contribution in [2.24, 2.45) is 0 Å². The van der Waals surface area contributed by atoms with Gasteiger partial charge >= 0.3 is 0 Å². The zero-order valence-electron chi connectivity index (χ0n) is 23.2. The molecule has 0 saturated heterocycles. The maximum absolute atomic E-state index is 2.43. The first-order chi connectivity index (χ1) is 14.9. The molecule has 0 atom stereocenters. The van der Waals surface area contributed by atoms with Crippen molar-refractivity contribution in [2.75, 3.05) is 0 Å². The van der Waals surface area contributed by atoms with Crippen molar-refractivity contribution in [3.8, 4) is 0 Å². The van der Waals surface area contributed by atoms with Crippen LogP contribution in [-0.2, 0) is 12.8 Å². The van der Waals surface area contributed by atoms with Crippen molar-refractivity contribution < 1.29 is 0 Å². The summed E-state index contributed by atoms with van der Waals surface area (Å²) in [4.78, 5) is 0. The van der Waals surface area contributed by atoms with Crippen LogP contribution in [-0.4, -0.2) is 0 Å². The van der Waals surface area contributed by atoms with Gasteiger partial charge in [0.25, 0.3) is 0 Å². The summed E-state index contributed by atoms with van der Waals surface area (Å²) in [6.45, 7) is 28.3. The van der Waals surface area contributed by atoms with E-state index in [2.05, 4.69) is 107 Å². The summed E-state index contributed by atoms with van der Waals surface area (Å²) in [6.07, 6.45) is 2.28. The Morgan fingerprint density at radius 3 is 0.844 bits per heavy atom. The molecule has 0 heterocycles. The molecule has 0 spiro atoms. The van der Waals surface area contributed by atoms with Crippen LogP contribution in [0.25, 0.3) is 0 Å². The fourth-order valence-electron chi connectivity index (χ4n) is 5.66. The lowest BCUT2D eigenvalue weighted by atomic mass is 9.77. The minimum atomic E-state index is 0.553. The van der Waals surface area contributed by atoms with Gasteiger partial charge in [0.15, 0.2) is 0 Å². The maximum atomic E-state index is 2.43. The maximum Gasteiger partial charge on any atom is -0.0213 e. The lowest BCUT2D eigenvalue weighted by molar-refractivity contribution is 0.725. The number of hydrogen-bond acceptors (Lipinski definition) is 0. The topological polar surface area (TPSA) is 0 Å². The Bertz CT molecular complexity index is 815. The van der Waals surface area contributed by atoms with Gasteiger partial charge in [-0.25, -0.2) is 0 Å². The SMILES string of the molecule is CC(C)c1ccc(C(C)C)c(C(C)C)c1CCc1c(C(C)C)ccc(C(C)C)c1C(C)C. The fraction of sp³-hybridized carbons (Fsp3) is 0.625. The molecule has 0 aliphatic rings. The highest BCUT2D eigenvalue weighted by Crippen LogP contribution is 2.38. The molecule has 0 unspecified atom stereocenters. The van der Waals surface area contributed by atoms with E-state index in [1.165, 1.54) is 0 Å². The molecule has 32 heavy (non-hydrogen) atoms. The quantitative estimate of drug-likeness (QED) is 0.368. The van der Waals surface area contributed by atoms with E-state index in [1.807, 2.05) is 0 Å². The third-order valence-electron chi connectivity index (χ3n) is 7.12. The van der Waals surface area contributed by atoms with E-state index >= 15 is 0 Å². The molecule has 0 aliphatic carbocycles. The molecule has 0 fully saturated rings. The summed E-state index contributed by atoms with van der Waals surface area (Å²) in [7, 11) is 0. The van der Waals surface area contributed by atoms with Crippen molar-refractivity contribution in [1.82, 2.24) is 0 Å². The third-order valence-corrected chi connectivity index (χ3v) is 7.12. The first-order valence-electron chi connectivity index (χ1n) is 13.2. The van der Waals surface area contributed by atoms with Gasteiger partial charge in [0.1, 0.15) is 0 Å². The summed E-state index contributed by atoms with van der Waals surface area (Å²) in [6, 6.07) is 9.69. The number of hydrogen-bond donors (Lipinski definition) is 0. The van der Waals surface area contributed by atoms with Gasteiger partial charge in [-0.1, -0.05) is 107 Å². The second-order valence-electron chi connectivity index (χ2n) is 11.7. The largest absolute Gasteiger partial charge is 0.0587 e. The van der Waals surface area contributed by atoms with Gasteiger partial charge in [-0.05, 0) is 92.9 Å². The third kappa shape index (κ3) is 5.67. The minimum absolute atomic E-state index is 0.553. The van der Waals surface area contributed by atoms with E-state index in [1.54, 1.807) is 44.5 Å². The molecule has 0 aliphatic heterocycles. The van der Waals surface area contributed by atoms with Crippen molar-refractivity contribution in [1.29, 1.82) is 0 Å². The van der Waals surface area contributed by atoms with E-state index < -0.39 is 0 Å². The van der Waals surface area contributed by atoms with E-state index in [0.29, 0.717) is 35.5 Å². The van der Waals surface area contributed by atoms with Gasteiger partial charge < -0.3 is 0 Å². The highest BCUT2D eigenvalue weighted by molar-refractivity contribution is 5.49. The Hall–Kier alpha value is -1.56. The predicted octanol–water partition coefficient (Wildman–Crippen LogP) is 10.2. The molecule has 2 aromatic rings. The molecule has 0 amide bonds. The molecule has 0 saturated carbocycles. The van der Waals surface area contributed by atoms with Gasteiger partial charge in [-0.15, -0.1) is 0 Å². The Labute approximate surface area is 200 Å². The molecule has 2 aromatic carbocycles. The molecular weight excluding hydrogens is 384 g/mol. The molecule has 0 radical (unpaired) electrons. The molecular formula is C32H50. The monoisotopic (exact) mass is 434 g/mol. The number of benzene rings is 2. The molecule has 178 valence electrons. The number of rotatable bonds is 9. The Morgan fingerprint density at radius 1 is 0.375 bits per heavy atom. The zero-order chi connectivity index (χ0) is 24.3. The van der Waals surface area contributed by atoms with Gasteiger partial charge in [0.05, 0.1) is 0 Å². The second kappa shape index (κ2) is 11.0. The first-order valence-corrected chi connectivity index (χ1v) is 13.2. The van der Waals surface area contributed by atoms with Gasteiger partial charge in [0, 0.05) is 0 Å². The average molecular weight is 435 g/mol. The summed E-state index contributed by atoms with van der Waals surface area (Å²) < 4.78 is 0. The highest BCUT2D eigenvalue weighted by Gasteiger charge is 2.23. The second-order valence-corrected chi connectivity index (χ2v) is 11.7. The van der Waals surface area contributed by atoms with Crippen LogP contribution >= 0.6 is 0 Å². The molecule has 0 nitrogen and oxygen atoms in total. The molecule has 0 aromatic heterocycles. The van der Waals surface area contributed by atoms with Crippen LogP contribution in [0.5, 0.6) is 0 Å². The van der Waals surface area contributed by atoms with Crippen LogP contribution in [0.3, 0.4) is 0 Å². The summed E-state index contributed by atoms with van der Waals surface area (Å²) in [5.41, 5.74) is 12.7. The van der Waals surface area contributed by atoms with Crippen LogP contribution in [0.2, 0.25) is 0 Å². The summed E-state index contributed by atoms with van der Waals surface area (Å²) >= 11 is 0. The van der Waals surface area contributed by atoms with Crippen molar-refractivity contribution in [3.63, 3.8) is 0 Å². The minimum Gasteiger partial charge on any atom is -0.0587 e. The standard InChI is InChI=1S/C32H50/c1-19(2)25-13-15-27(21(5)6)31(23(9)10)29(25)17-18-30-26(20(3)4)14-16-28(22(7)8)32(30)24(11)12/h13-16,19-24H,17-18H2,1-12H3. The van der Waals surface area contributed by atoms with Crippen LogP contribution in [0.4, 0.5) is 0 Å². The van der Waals surface area contributed by atoms with Crippen LogP contribution < -0.4 is 0 Å². The van der Waals surface area contributed by atoms with Crippen LogP contribution in [0, 0.1) is 0 Å². The van der Waals surface area contributed by atoms with Crippen molar-refractivity contribution in [3.05, 3.63) is 68.8 Å². The van der Waals surface area contributed by atoms with E-state index in [0.717, 1.165) is 12.8 Å². The average Bonchev–Trinajstić information content (AvgIpc) is 2.69. The normalized spacial score (nSPS) is 12.4. The molecule has 0 heteroatoms. The molecule has 2 rings (SSSR count). The van der Waals surface area contributed by atoms with Gasteiger partial charge in [0.2, 0.25) is 0 Å². The lowest BCUT2D eigenvalue weighted by Gasteiger charge is -2.28. The Morgan fingerprint density at radius 2 is 0.625 bits per heavy atom. The Kier molecular flexibility index (Phi) is 9.21. The fourth-order valence-corrected chi connectivity index (χ4v) is 5.66. The zero-order valence-corrected chi connectivity index (χ0v) is 23.2. The molecule has 0 bridgehead atoms. The van der Waals surface area contributed by atoms with Gasteiger partial charge in [-0.2, -0.15) is 0 Å². The van der Waals surface area contributed by atoms with Crippen LogP contribution in [0.15, 0.2) is 24.3 Å². The first kappa shape index (κ1) is 26.7. The predicted molar refractivity (Wildman–Crippen MR) is 145 cm³/mol. The van der Waals surface area contributed by atoms with Crippen LogP contribution in [0.1, 0.15) is 163 Å².